The van der Waals surface area contributed by atoms with Crippen LogP contribution < -0.4 is 10.6 Å². The minimum absolute atomic E-state index is 0.0698. The van der Waals surface area contributed by atoms with Gasteiger partial charge in [-0.1, -0.05) is 37.3 Å². The highest BCUT2D eigenvalue weighted by molar-refractivity contribution is 6.18. The molecule has 1 heterocycles. The number of amides is 3. The van der Waals surface area contributed by atoms with Crippen LogP contribution >= 0.6 is 11.6 Å². The summed E-state index contributed by atoms with van der Waals surface area (Å²) in [5.74, 6) is 1.14. The average Bonchev–Trinajstić information content (AvgIpc) is 3.34. The van der Waals surface area contributed by atoms with Crippen LogP contribution in [0.4, 0.5) is 15.5 Å². The van der Waals surface area contributed by atoms with Crippen LogP contribution in [0, 0.1) is 10.8 Å². The van der Waals surface area contributed by atoms with Gasteiger partial charge in [-0.25, -0.2) is 14.6 Å². The van der Waals surface area contributed by atoms with Crippen LogP contribution in [0.25, 0.3) is 11.0 Å². The molecule has 4 rings (SSSR count). The molecular formula is C26H31ClN6O5. The molecule has 11 nitrogen and oxygen atoms in total. The van der Waals surface area contributed by atoms with Gasteiger partial charge in [0.05, 0.1) is 30.0 Å². The molecule has 1 fully saturated rings. The van der Waals surface area contributed by atoms with Gasteiger partial charge in [0, 0.05) is 23.0 Å². The van der Waals surface area contributed by atoms with Crippen LogP contribution in [0.2, 0.25) is 0 Å². The second kappa shape index (κ2) is 14.1. The van der Waals surface area contributed by atoms with Gasteiger partial charge in [0.1, 0.15) is 0 Å². The summed E-state index contributed by atoms with van der Waals surface area (Å²) in [6, 6.07) is 13.9. The maximum absolute atomic E-state index is 12.4. The van der Waals surface area contributed by atoms with E-state index in [1.54, 1.807) is 30.3 Å². The predicted octanol–water partition coefficient (Wildman–Crippen LogP) is 5.47. The summed E-state index contributed by atoms with van der Waals surface area (Å²) < 4.78 is 4.51. The van der Waals surface area contributed by atoms with Crippen LogP contribution in [0.3, 0.4) is 0 Å². The normalized spacial score (nSPS) is 16.5. The van der Waals surface area contributed by atoms with Crippen molar-refractivity contribution in [3.8, 4) is 0 Å². The zero-order chi connectivity index (χ0) is 27.5. The van der Waals surface area contributed by atoms with E-state index >= 15 is 0 Å². The molecule has 3 aromatic rings. The van der Waals surface area contributed by atoms with Gasteiger partial charge in [0.15, 0.2) is 5.78 Å². The Morgan fingerprint density at radius 2 is 1.82 bits per heavy atom. The number of imidazole rings is 1. The SMILES string of the molecule is CC1CCC(NC(=O)N(CCCl)N=O)CC1.COC(=O)Nc1nc2ccc(C(=O)c3ccccc3)cc2[nH]1. The van der Waals surface area contributed by atoms with E-state index in [4.69, 9.17) is 11.6 Å². The third-order valence-electron chi connectivity index (χ3n) is 6.16. The lowest BCUT2D eigenvalue weighted by Crippen LogP contribution is -2.44. The van der Waals surface area contributed by atoms with Crippen molar-refractivity contribution < 1.29 is 19.1 Å². The Kier molecular flexibility index (Phi) is 10.6. The minimum atomic E-state index is -0.611. The van der Waals surface area contributed by atoms with E-state index in [0.29, 0.717) is 22.2 Å². The molecule has 0 spiro atoms. The number of hydrogen-bond acceptors (Lipinski definition) is 7. The van der Waals surface area contributed by atoms with Crippen LogP contribution in [-0.4, -0.2) is 58.5 Å². The Hall–Kier alpha value is -3.99. The Balaban J connectivity index is 0.000000223. The summed E-state index contributed by atoms with van der Waals surface area (Å²) in [4.78, 5) is 52.7. The molecule has 1 aliphatic rings. The maximum atomic E-state index is 12.4. The molecular weight excluding hydrogens is 512 g/mol. The number of ether oxygens (including phenoxy) is 1. The van der Waals surface area contributed by atoms with Gasteiger partial charge in [-0.15, -0.1) is 16.5 Å². The number of halogens is 1. The number of alkyl halides is 1. The maximum Gasteiger partial charge on any atom is 0.413 e. The second-order valence-electron chi connectivity index (χ2n) is 8.93. The Labute approximate surface area is 225 Å². The van der Waals surface area contributed by atoms with Crippen molar-refractivity contribution in [1.82, 2.24) is 20.3 Å². The highest BCUT2D eigenvalue weighted by Gasteiger charge is 2.22. The molecule has 0 radical (unpaired) electrons. The van der Waals surface area contributed by atoms with Crippen molar-refractivity contribution in [2.45, 2.75) is 38.6 Å². The summed E-state index contributed by atoms with van der Waals surface area (Å²) in [6.07, 6.45) is 3.57. The molecule has 1 saturated carbocycles. The summed E-state index contributed by atoms with van der Waals surface area (Å²) >= 11 is 5.46. The quantitative estimate of drug-likeness (QED) is 0.156. The van der Waals surface area contributed by atoms with Crippen LogP contribution in [-0.2, 0) is 4.74 Å². The van der Waals surface area contributed by atoms with Gasteiger partial charge < -0.3 is 15.0 Å². The monoisotopic (exact) mass is 542 g/mol. The largest absolute Gasteiger partial charge is 0.453 e. The number of ketones is 1. The van der Waals surface area contributed by atoms with Gasteiger partial charge in [-0.2, -0.15) is 5.01 Å². The summed E-state index contributed by atoms with van der Waals surface area (Å²) in [5, 5.41) is 8.74. The number of carbonyl (C=O) groups is 3. The fraction of sp³-hybridized carbons (Fsp3) is 0.385. The van der Waals surface area contributed by atoms with Crippen LogP contribution in [0.5, 0.6) is 0 Å². The van der Waals surface area contributed by atoms with E-state index in [-0.39, 0.29) is 30.2 Å². The lowest BCUT2D eigenvalue weighted by molar-refractivity contribution is 0.103. The number of rotatable bonds is 7. The molecule has 202 valence electrons. The van der Waals surface area contributed by atoms with Crippen molar-refractivity contribution in [3.05, 3.63) is 64.6 Å². The number of hydrogen-bond donors (Lipinski definition) is 3. The first-order valence-corrected chi connectivity index (χ1v) is 12.8. The standard InChI is InChI=1S/C16H13N3O3.C10H18ClN3O2/c1-22-16(21)19-15-17-12-8-7-11(9-13(12)18-15)14(20)10-5-3-2-4-6-10;1-8-2-4-9(5-3-8)12-10(15)14(13-16)7-6-11/h2-9H,1H3,(H2,17,18,19,21);8-9H,2-7H2,1H3,(H,12,15). The lowest BCUT2D eigenvalue weighted by atomic mass is 9.87. The predicted molar refractivity (Wildman–Crippen MR) is 145 cm³/mol. The average molecular weight is 543 g/mol. The van der Waals surface area contributed by atoms with Gasteiger partial charge in [-0.05, 0) is 49.8 Å². The molecule has 2 aromatic carbocycles. The van der Waals surface area contributed by atoms with Gasteiger partial charge in [0.2, 0.25) is 5.95 Å². The molecule has 1 aliphatic carbocycles. The van der Waals surface area contributed by atoms with Gasteiger partial charge in [0.25, 0.3) is 0 Å². The second-order valence-corrected chi connectivity index (χ2v) is 9.31. The molecule has 0 atom stereocenters. The topological polar surface area (TPSA) is 146 Å². The zero-order valence-electron chi connectivity index (χ0n) is 21.3. The molecule has 0 saturated heterocycles. The number of aromatic amines is 1. The van der Waals surface area contributed by atoms with Crippen LogP contribution in [0.1, 0.15) is 48.5 Å². The summed E-state index contributed by atoms with van der Waals surface area (Å²) in [6.45, 7) is 2.37. The van der Waals surface area contributed by atoms with Crippen molar-refractivity contribution in [3.63, 3.8) is 0 Å². The number of nitroso groups, excluding NO2 is 1. The zero-order valence-corrected chi connectivity index (χ0v) is 22.0. The number of nitrogens with one attached hydrogen (secondary N) is 3. The fourth-order valence-electron chi connectivity index (χ4n) is 4.03. The lowest BCUT2D eigenvalue weighted by Gasteiger charge is -2.27. The molecule has 0 aliphatic heterocycles. The number of anilines is 1. The number of aromatic nitrogens is 2. The number of benzene rings is 2. The molecule has 12 heteroatoms. The number of nitrogens with zero attached hydrogens (tertiary/aromatic N) is 3. The van der Waals surface area contributed by atoms with E-state index in [1.165, 1.54) is 7.11 Å². The summed E-state index contributed by atoms with van der Waals surface area (Å²) in [5.41, 5.74) is 2.48. The first kappa shape index (κ1) is 28.6. The molecule has 38 heavy (non-hydrogen) atoms. The Morgan fingerprint density at radius 3 is 2.45 bits per heavy atom. The fourth-order valence-corrected chi connectivity index (χ4v) is 4.19. The van der Waals surface area contributed by atoms with Crippen molar-refractivity contribution in [2.24, 2.45) is 11.2 Å². The highest BCUT2D eigenvalue weighted by Crippen LogP contribution is 2.23. The van der Waals surface area contributed by atoms with E-state index in [2.05, 4.69) is 37.5 Å². The van der Waals surface area contributed by atoms with E-state index < -0.39 is 12.1 Å². The van der Waals surface area contributed by atoms with Crippen molar-refractivity contribution >= 4 is 46.5 Å². The third-order valence-corrected chi connectivity index (χ3v) is 6.33. The highest BCUT2D eigenvalue weighted by atomic mass is 35.5. The first-order valence-electron chi connectivity index (χ1n) is 12.3. The Morgan fingerprint density at radius 1 is 1.11 bits per heavy atom. The number of urea groups is 1. The molecule has 3 N–H and O–H groups in total. The minimum Gasteiger partial charge on any atom is -0.453 e. The van der Waals surface area contributed by atoms with Crippen molar-refractivity contribution in [2.75, 3.05) is 24.9 Å². The smallest absolute Gasteiger partial charge is 0.413 e. The van der Waals surface area contributed by atoms with E-state index in [0.717, 1.165) is 36.6 Å². The van der Waals surface area contributed by atoms with E-state index in [9.17, 15) is 19.3 Å². The molecule has 0 unspecified atom stereocenters. The number of fused-ring (bicyclic) bond motifs is 1. The van der Waals surface area contributed by atoms with E-state index in [1.807, 2.05) is 18.2 Å². The third kappa shape index (κ3) is 8.01. The number of methoxy groups -OCH3 is 1. The molecule has 1 aromatic heterocycles. The van der Waals surface area contributed by atoms with Crippen LogP contribution in [0.15, 0.2) is 53.8 Å². The van der Waals surface area contributed by atoms with Crippen molar-refractivity contribution in [1.29, 1.82) is 0 Å². The van der Waals surface area contributed by atoms with Gasteiger partial charge >= 0.3 is 12.1 Å². The molecule has 3 amide bonds. The Bertz CT molecular complexity index is 1240. The molecule has 0 bridgehead atoms. The summed E-state index contributed by atoms with van der Waals surface area (Å²) in [7, 11) is 1.27. The number of H-pyrrole nitrogens is 1. The first-order chi connectivity index (χ1) is 18.3. The van der Waals surface area contributed by atoms with Gasteiger partial charge in [-0.3, -0.25) is 10.1 Å². The number of carbonyl (C=O) groups excluding carboxylic acids is 3.